The summed E-state index contributed by atoms with van der Waals surface area (Å²) in [5, 5.41) is 9.40. The Bertz CT molecular complexity index is 360. The second-order valence-electron chi connectivity index (χ2n) is 4.92. The molecule has 1 aromatic carbocycles. The van der Waals surface area contributed by atoms with Crippen LogP contribution >= 0.6 is 0 Å². The monoisotopic (exact) mass is 234 g/mol. The number of ether oxygens (including phenoxy) is 1. The number of phenols is 1. The predicted octanol–water partition coefficient (Wildman–Crippen LogP) is 4.06. The van der Waals surface area contributed by atoms with Crippen molar-refractivity contribution in [1.29, 1.82) is 0 Å². The van der Waals surface area contributed by atoms with Crippen molar-refractivity contribution in [2.45, 2.75) is 58.0 Å². The van der Waals surface area contributed by atoms with Crippen LogP contribution in [0.25, 0.3) is 0 Å². The average molecular weight is 234 g/mol. The summed E-state index contributed by atoms with van der Waals surface area (Å²) in [5.74, 6) is 1.31. The smallest absolute Gasteiger partial charge is 0.123 e. The molecule has 0 fully saturated rings. The molecule has 1 aliphatic heterocycles. The lowest BCUT2D eigenvalue weighted by Crippen LogP contribution is -2.22. The fourth-order valence-electron chi connectivity index (χ4n) is 2.43. The number of benzene rings is 1. The summed E-state index contributed by atoms with van der Waals surface area (Å²) in [4.78, 5) is 0. The SMILES string of the molecule is CCCCCCC1CCc2cc(O)ccc2O1. The number of aryl methyl sites for hydroxylation is 1. The molecule has 17 heavy (non-hydrogen) atoms. The Morgan fingerprint density at radius 1 is 1.29 bits per heavy atom. The fourth-order valence-corrected chi connectivity index (χ4v) is 2.43. The van der Waals surface area contributed by atoms with Gasteiger partial charge in [0.25, 0.3) is 0 Å². The molecule has 2 heteroatoms. The van der Waals surface area contributed by atoms with Gasteiger partial charge in [0.05, 0.1) is 6.10 Å². The van der Waals surface area contributed by atoms with Crippen molar-refractivity contribution in [3.8, 4) is 11.5 Å². The molecule has 94 valence electrons. The lowest BCUT2D eigenvalue weighted by Gasteiger charge is -2.26. The molecule has 0 aromatic heterocycles. The first kappa shape index (κ1) is 12.3. The van der Waals surface area contributed by atoms with Crippen molar-refractivity contribution < 1.29 is 9.84 Å². The van der Waals surface area contributed by atoms with Crippen LogP contribution in [0.5, 0.6) is 11.5 Å². The van der Waals surface area contributed by atoms with Gasteiger partial charge in [-0.25, -0.2) is 0 Å². The summed E-state index contributed by atoms with van der Waals surface area (Å²) in [6.45, 7) is 2.24. The van der Waals surface area contributed by atoms with E-state index < -0.39 is 0 Å². The van der Waals surface area contributed by atoms with E-state index >= 15 is 0 Å². The molecule has 0 amide bonds. The maximum atomic E-state index is 9.40. The molecule has 1 aliphatic rings. The Kier molecular flexibility index (Phi) is 4.29. The summed E-state index contributed by atoms with van der Waals surface area (Å²) in [6.07, 6.45) is 8.87. The van der Waals surface area contributed by atoms with Gasteiger partial charge in [-0.15, -0.1) is 0 Å². The highest BCUT2D eigenvalue weighted by atomic mass is 16.5. The van der Waals surface area contributed by atoms with E-state index in [1.165, 1.54) is 32.1 Å². The van der Waals surface area contributed by atoms with Crippen LogP contribution in [0.1, 0.15) is 51.0 Å². The van der Waals surface area contributed by atoms with E-state index in [9.17, 15) is 5.11 Å². The zero-order valence-corrected chi connectivity index (χ0v) is 10.6. The Morgan fingerprint density at radius 2 is 2.18 bits per heavy atom. The van der Waals surface area contributed by atoms with Crippen LogP contribution in [-0.2, 0) is 6.42 Å². The van der Waals surface area contributed by atoms with Gasteiger partial charge in [-0.1, -0.05) is 26.2 Å². The molecule has 1 atom stereocenters. The zero-order chi connectivity index (χ0) is 12.1. The third-order valence-corrected chi connectivity index (χ3v) is 3.45. The number of hydrogen-bond donors (Lipinski definition) is 1. The number of fused-ring (bicyclic) bond motifs is 1. The van der Waals surface area contributed by atoms with Gasteiger partial charge < -0.3 is 9.84 Å². The van der Waals surface area contributed by atoms with Gasteiger partial charge in [0.15, 0.2) is 0 Å². The van der Waals surface area contributed by atoms with Gasteiger partial charge in [0.2, 0.25) is 0 Å². The molecule has 0 saturated carbocycles. The van der Waals surface area contributed by atoms with Crippen molar-refractivity contribution in [2.24, 2.45) is 0 Å². The molecule has 0 spiro atoms. The summed E-state index contributed by atoms with van der Waals surface area (Å²) in [5.41, 5.74) is 1.15. The maximum absolute atomic E-state index is 9.40. The zero-order valence-electron chi connectivity index (χ0n) is 10.6. The van der Waals surface area contributed by atoms with Crippen molar-refractivity contribution in [2.75, 3.05) is 0 Å². The van der Waals surface area contributed by atoms with Gasteiger partial charge >= 0.3 is 0 Å². The third-order valence-electron chi connectivity index (χ3n) is 3.45. The summed E-state index contributed by atoms with van der Waals surface area (Å²) in [7, 11) is 0. The van der Waals surface area contributed by atoms with Crippen LogP contribution in [0.2, 0.25) is 0 Å². The van der Waals surface area contributed by atoms with Crippen LogP contribution in [0.3, 0.4) is 0 Å². The Balaban J connectivity index is 1.84. The first-order valence-corrected chi connectivity index (χ1v) is 6.78. The largest absolute Gasteiger partial charge is 0.508 e. The molecule has 0 bridgehead atoms. The van der Waals surface area contributed by atoms with E-state index in [-0.39, 0.29) is 0 Å². The molecule has 0 saturated heterocycles. The van der Waals surface area contributed by atoms with Crippen molar-refractivity contribution >= 4 is 0 Å². The first-order chi connectivity index (χ1) is 8.29. The molecular weight excluding hydrogens is 212 g/mol. The average Bonchev–Trinajstić information content (AvgIpc) is 2.35. The van der Waals surface area contributed by atoms with Gasteiger partial charge in [-0.05, 0) is 49.4 Å². The Labute approximate surface area is 104 Å². The highest BCUT2D eigenvalue weighted by Gasteiger charge is 2.19. The van der Waals surface area contributed by atoms with Crippen LogP contribution < -0.4 is 4.74 Å². The first-order valence-electron chi connectivity index (χ1n) is 6.78. The number of aromatic hydroxyl groups is 1. The van der Waals surface area contributed by atoms with Gasteiger partial charge in [0, 0.05) is 0 Å². The number of unbranched alkanes of at least 4 members (excludes halogenated alkanes) is 3. The van der Waals surface area contributed by atoms with Gasteiger partial charge in [0.1, 0.15) is 11.5 Å². The normalized spacial score (nSPS) is 18.5. The molecule has 2 rings (SSSR count). The number of rotatable bonds is 5. The van der Waals surface area contributed by atoms with Crippen LogP contribution in [0.4, 0.5) is 0 Å². The topological polar surface area (TPSA) is 29.5 Å². The summed E-state index contributed by atoms with van der Waals surface area (Å²) in [6, 6.07) is 5.42. The Hall–Kier alpha value is -1.18. The molecule has 1 N–H and O–H groups in total. The number of phenolic OH excluding ortho intramolecular Hbond substituents is 1. The molecule has 1 unspecified atom stereocenters. The van der Waals surface area contributed by atoms with Crippen LogP contribution in [0.15, 0.2) is 18.2 Å². The summed E-state index contributed by atoms with van der Waals surface area (Å²) >= 11 is 0. The second kappa shape index (κ2) is 5.95. The van der Waals surface area contributed by atoms with Crippen molar-refractivity contribution in [3.05, 3.63) is 23.8 Å². The lowest BCUT2D eigenvalue weighted by molar-refractivity contribution is 0.160. The minimum atomic E-state index is 0.341. The summed E-state index contributed by atoms with van der Waals surface area (Å²) < 4.78 is 5.96. The molecule has 1 heterocycles. The van der Waals surface area contributed by atoms with E-state index in [0.717, 1.165) is 24.2 Å². The highest BCUT2D eigenvalue weighted by Crippen LogP contribution is 2.31. The van der Waals surface area contributed by atoms with Crippen molar-refractivity contribution in [3.63, 3.8) is 0 Å². The third kappa shape index (κ3) is 3.39. The fraction of sp³-hybridized carbons (Fsp3) is 0.600. The molecular formula is C15H22O2. The van der Waals surface area contributed by atoms with Crippen LogP contribution in [-0.4, -0.2) is 11.2 Å². The van der Waals surface area contributed by atoms with E-state index in [4.69, 9.17) is 4.74 Å². The standard InChI is InChI=1S/C15H22O2/c1-2-3-4-5-6-14-9-7-12-11-13(16)8-10-15(12)17-14/h8,10-11,14,16H,2-7,9H2,1H3. The predicted molar refractivity (Wildman–Crippen MR) is 69.6 cm³/mol. The minimum absolute atomic E-state index is 0.341. The van der Waals surface area contributed by atoms with Crippen LogP contribution in [0, 0.1) is 0 Å². The van der Waals surface area contributed by atoms with Gasteiger partial charge in [-0.3, -0.25) is 0 Å². The van der Waals surface area contributed by atoms with Crippen molar-refractivity contribution in [1.82, 2.24) is 0 Å². The number of hydrogen-bond acceptors (Lipinski definition) is 2. The van der Waals surface area contributed by atoms with E-state index in [1.807, 2.05) is 12.1 Å². The van der Waals surface area contributed by atoms with E-state index in [0.29, 0.717) is 11.9 Å². The maximum Gasteiger partial charge on any atom is 0.123 e. The second-order valence-corrected chi connectivity index (χ2v) is 4.92. The molecule has 2 nitrogen and oxygen atoms in total. The van der Waals surface area contributed by atoms with Gasteiger partial charge in [-0.2, -0.15) is 0 Å². The molecule has 1 aromatic rings. The lowest BCUT2D eigenvalue weighted by atomic mass is 9.98. The van der Waals surface area contributed by atoms with E-state index in [2.05, 4.69) is 6.92 Å². The van der Waals surface area contributed by atoms with E-state index in [1.54, 1.807) is 6.07 Å². The highest BCUT2D eigenvalue weighted by molar-refractivity contribution is 5.40. The molecule has 0 radical (unpaired) electrons. The Morgan fingerprint density at radius 3 is 3.00 bits per heavy atom. The quantitative estimate of drug-likeness (QED) is 0.779. The minimum Gasteiger partial charge on any atom is -0.508 e. The molecule has 0 aliphatic carbocycles.